The molecule has 6 nitrogen and oxygen atoms in total. The van der Waals surface area contributed by atoms with Crippen molar-refractivity contribution in [3.63, 3.8) is 0 Å². The van der Waals surface area contributed by atoms with Crippen LogP contribution in [0.15, 0.2) is 21.5 Å². The summed E-state index contributed by atoms with van der Waals surface area (Å²) in [4.78, 5) is 26.6. The Hall–Kier alpha value is -1.47. The van der Waals surface area contributed by atoms with Crippen molar-refractivity contribution in [1.29, 1.82) is 0 Å². The van der Waals surface area contributed by atoms with Gasteiger partial charge >= 0.3 is 11.2 Å². The molecule has 0 atom stereocenters. The number of nitro groups is 1. The lowest BCUT2D eigenvalue weighted by atomic mass is 10.2. The van der Waals surface area contributed by atoms with Crippen molar-refractivity contribution < 1.29 is 4.92 Å². The number of rotatable bonds is 2. The van der Waals surface area contributed by atoms with E-state index in [9.17, 15) is 14.9 Å². The second-order valence-corrected chi connectivity index (χ2v) is 5.52. The first kappa shape index (κ1) is 12.6. The van der Waals surface area contributed by atoms with Crippen molar-refractivity contribution in [3.8, 4) is 0 Å². The molecule has 98 valence electrons. The Morgan fingerprint density at radius 3 is 2.74 bits per heavy atom. The number of nitrogens with zero attached hydrogens (tertiary/aromatic N) is 3. The molecule has 2 aromatic rings. The first-order chi connectivity index (χ1) is 9.00. The van der Waals surface area contributed by atoms with E-state index >= 15 is 0 Å². The summed E-state index contributed by atoms with van der Waals surface area (Å²) in [5, 5.41) is 10.8. The van der Waals surface area contributed by atoms with Gasteiger partial charge in [0.25, 0.3) is 0 Å². The highest BCUT2D eigenvalue weighted by atomic mass is 79.9. The quantitative estimate of drug-likeness (QED) is 0.476. The van der Waals surface area contributed by atoms with Crippen molar-refractivity contribution in [2.45, 2.75) is 18.9 Å². The predicted octanol–water partition coefficient (Wildman–Crippen LogP) is 3.06. The highest BCUT2D eigenvalue weighted by Crippen LogP contribution is 2.38. The molecule has 0 unspecified atom stereocenters. The molecule has 0 amide bonds. The molecule has 1 fully saturated rings. The molecule has 0 spiro atoms. The van der Waals surface area contributed by atoms with E-state index in [1.54, 1.807) is 12.1 Å². The normalized spacial score (nSPS) is 14.8. The first-order valence-electron chi connectivity index (χ1n) is 5.55. The van der Waals surface area contributed by atoms with Crippen molar-refractivity contribution in [1.82, 2.24) is 9.55 Å². The summed E-state index contributed by atoms with van der Waals surface area (Å²) >= 11 is 9.17. The maximum atomic E-state index is 12.2. The Bertz CT molecular complexity index is 770. The van der Waals surface area contributed by atoms with Crippen LogP contribution in [0.4, 0.5) is 5.69 Å². The molecule has 1 saturated carbocycles. The Kier molecular flexibility index (Phi) is 2.83. The van der Waals surface area contributed by atoms with Gasteiger partial charge in [-0.15, -0.1) is 0 Å². The SMILES string of the molecule is O=c1c([N+](=O)[O-])c(Cl)c2nc(Br)ccc2n1C1CC1. The molecule has 2 heterocycles. The predicted molar refractivity (Wildman–Crippen MR) is 73.6 cm³/mol. The number of aromatic nitrogens is 2. The van der Waals surface area contributed by atoms with Crippen LogP contribution in [-0.4, -0.2) is 14.5 Å². The average molecular weight is 345 g/mol. The molecule has 1 aliphatic rings. The van der Waals surface area contributed by atoms with Gasteiger partial charge in [-0.2, -0.15) is 0 Å². The molecule has 0 saturated heterocycles. The number of pyridine rings is 2. The van der Waals surface area contributed by atoms with Crippen molar-refractivity contribution in [3.05, 3.63) is 42.2 Å². The second kappa shape index (κ2) is 4.28. The molecular weight excluding hydrogens is 337 g/mol. The third kappa shape index (κ3) is 1.93. The fourth-order valence-electron chi connectivity index (χ4n) is 2.07. The Morgan fingerprint density at radius 1 is 1.47 bits per heavy atom. The monoisotopic (exact) mass is 343 g/mol. The molecule has 0 aliphatic heterocycles. The Morgan fingerprint density at radius 2 is 2.16 bits per heavy atom. The lowest BCUT2D eigenvalue weighted by Gasteiger charge is -2.10. The van der Waals surface area contributed by atoms with E-state index in [4.69, 9.17) is 11.6 Å². The van der Waals surface area contributed by atoms with E-state index in [1.165, 1.54) is 4.57 Å². The van der Waals surface area contributed by atoms with Gasteiger partial charge in [-0.3, -0.25) is 19.5 Å². The Balaban J connectivity index is 2.51. The van der Waals surface area contributed by atoms with Gasteiger partial charge in [-0.25, -0.2) is 4.98 Å². The smallest absolute Gasteiger partial charge is 0.298 e. The third-order valence-electron chi connectivity index (χ3n) is 3.03. The van der Waals surface area contributed by atoms with Gasteiger partial charge in [-0.05, 0) is 40.9 Å². The van der Waals surface area contributed by atoms with Crippen LogP contribution in [0.1, 0.15) is 18.9 Å². The number of halogens is 2. The second-order valence-electron chi connectivity index (χ2n) is 4.33. The summed E-state index contributed by atoms with van der Waals surface area (Å²) in [6, 6.07) is 3.39. The average Bonchev–Trinajstić information content (AvgIpc) is 3.14. The standard InChI is InChI=1S/C11H7BrClN3O3/c12-7-4-3-6-9(14-7)8(13)10(16(18)19)11(17)15(6)5-1-2-5/h3-5H,1-2H2. The lowest BCUT2D eigenvalue weighted by Crippen LogP contribution is -2.23. The molecule has 19 heavy (non-hydrogen) atoms. The zero-order valence-electron chi connectivity index (χ0n) is 9.47. The summed E-state index contributed by atoms with van der Waals surface area (Å²) in [6.45, 7) is 0. The summed E-state index contributed by atoms with van der Waals surface area (Å²) in [5.74, 6) is 0. The van der Waals surface area contributed by atoms with Crippen LogP contribution in [0.5, 0.6) is 0 Å². The van der Waals surface area contributed by atoms with E-state index in [1.807, 2.05) is 0 Å². The molecular formula is C11H7BrClN3O3. The van der Waals surface area contributed by atoms with Gasteiger partial charge in [0.05, 0.1) is 10.4 Å². The number of hydrogen-bond donors (Lipinski definition) is 0. The largest absolute Gasteiger partial charge is 0.354 e. The van der Waals surface area contributed by atoms with Gasteiger partial charge in [-0.1, -0.05) is 11.6 Å². The Labute approximate surface area is 120 Å². The fourth-order valence-corrected chi connectivity index (χ4v) is 2.67. The molecule has 1 aliphatic carbocycles. The van der Waals surface area contributed by atoms with Gasteiger partial charge in [0.2, 0.25) is 0 Å². The maximum Gasteiger partial charge on any atom is 0.354 e. The van der Waals surface area contributed by atoms with Crippen LogP contribution in [0.3, 0.4) is 0 Å². The molecule has 0 N–H and O–H groups in total. The van der Waals surface area contributed by atoms with Gasteiger partial charge in [0, 0.05) is 6.04 Å². The van der Waals surface area contributed by atoms with E-state index in [0.29, 0.717) is 10.1 Å². The molecule has 0 aromatic carbocycles. The molecule has 3 rings (SSSR count). The summed E-state index contributed by atoms with van der Waals surface area (Å²) in [5.41, 5.74) is -0.457. The zero-order valence-corrected chi connectivity index (χ0v) is 11.8. The van der Waals surface area contributed by atoms with E-state index in [-0.39, 0.29) is 16.6 Å². The topological polar surface area (TPSA) is 78.0 Å². The third-order valence-corrected chi connectivity index (χ3v) is 3.83. The van der Waals surface area contributed by atoms with Crippen molar-refractivity contribution in [2.24, 2.45) is 0 Å². The van der Waals surface area contributed by atoms with Crippen LogP contribution in [0, 0.1) is 10.1 Å². The molecule has 0 bridgehead atoms. The summed E-state index contributed by atoms with van der Waals surface area (Å²) in [7, 11) is 0. The lowest BCUT2D eigenvalue weighted by molar-refractivity contribution is -0.386. The first-order valence-corrected chi connectivity index (χ1v) is 6.72. The van der Waals surface area contributed by atoms with E-state index < -0.39 is 16.2 Å². The minimum absolute atomic E-state index is 0.00828. The fraction of sp³-hybridized carbons (Fsp3) is 0.273. The van der Waals surface area contributed by atoms with Crippen LogP contribution in [0.2, 0.25) is 5.02 Å². The highest BCUT2D eigenvalue weighted by molar-refractivity contribution is 9.10. The molecule has 0 radical (unpaired) electrons. The van der Waals surface area contributed by atoms with Gasteiger partial charge in [0.1, 0.15) is 10.1 Å². The maximum absolute atomic E-state index is 12.2. The zero-order chi connectivity index (χ0) is 13.7. The molecule has 2 aromatic heterocycles. The van der Waals surface area contributed by atoms with Gasteiger partial charge < -0.3 is 0 Å². The number of hydrogen-bond acceptors (Lipinski definition) is 4. The molecule has 8 heteroatoms. The van der Waals surface area contributed by atoms with E-state index in [2.05, 4.69) is 20.9 Å². The van der Waals surface area contributed by atoms with E-state index in [0.717, 1.165) is 12.8 Å². The number of fused-ring (bicyclic) bond motifs is 1. The summed E-state index contributed by atoms with van der Waals surface area (Å²) in [6.07, 6.45) is 1.67. The van der Waals surface area contributed by atoms with Crippen LogP contribution >= 0.6 is 27.5 Å². The van der Waals surface area contributed by atoms with Crippen LogP contribution in [0.25, 0.3) is 11.0 Å². The highest BCUT2D eigenvalue weighted by Gasteiger charge is 2.33. The van der Waals surface area contributed by atoms with Gasteiger partial charge in [0.15, 0.2) is 5.02 Å². The van der Waals surface area contributed by atoms with Crippen LogP contribution in [-0.2, 0) is 0 Å². The van der Waals surface area contributed by atoms with Crippen LogP contribution < -0.4 is 5.56 Å². The minimum atomic E-state index is -0.744. The van der Waals surface area contributed by atoms with Crippen molar-refractivity contribution in [2.75, 3.05) is 0 Å². The minimum Gasteiger partial charge on any atom is -0.298 e. The summed E-state index contributed by atoms with van der Waals surface area (Å²) < 4.78 is 1.94. The van der Waals surface area contributed by atoms with Crippen molar-refractivity contribution >= 4 is 44.3 Å².